The smallest absolute Gasteiger partial charge is 0.416 e. The van der Waals surface area contributed by atoms with Gasteiger partial charge in [0.1, 0.15) is 5.75 Å². The van der Waals surface area contributed by atoms with Crippen molar-refractivity contribution < 1.29 is 33.0 Å². The fourth-order valence-electron chi connectivity index (χ4n) is 0.894. The molecule has 0 saturated carbocycles. The number of phenols is 1. The molecule has 8 heteroatoms. The third kappa shape index (κ3) is 6.23. The number of rotatable bonds is 1. The Labute approximate surface area is 96.3 Å². The van der Waals surface area contributed by atoms with Crippen LogP contribution in [0, 0.1) is 0 Å². The highest BCUT2D eigenvalue weighted by Crippen LogP contribution is 2.32. The van der Waals surface area contributed by atoms with Crippen molar-refractivity contribution in [1.29, 1.82) is 0 Å². The van der Waals surface area contributed by atoms with E-state index in [1.165, 1.54) is 6.08 Å². The van der Waals surface area contributed by atoms with Gasteiger partial charge in [-0.2, -0.15) is 13.2 Å². The zero-order valence-electron chi connectivity index (χ0n) is 8.39. The first-order chi connectivity index (χ1) is 7.68. The largest absolute Gasteiger partial charge is 0.507 e. The van der Waals surface area contributed by atoms with E-state index in [9.17, 15) is 13.2 Å². The number of phenolic OH excluding ortho intramolecular Hbond substituents is 1. The highest BCUT2D eigenvalue weighted by Gasteiger charge is 2.30. The van der Waals surface area contributed by atoms with Crippen LogP contribution in [0.4, 0.5) is 13.2 Å². The first kappa shape index (κ1) is 15.9. The lowest BCUT2D eigenvalue weighted by Crippen LogP contribution is -2.04. The minimum absolute atomic E-state index is 0.0785. The molecular weight excluding hydrogens is 260 g/mol. The highest BCUT2D eigenvalue weighted by molar-refractivity contribution is 7.38. The molecule has 0 amide bonds. The molecular formula is C9H10F3O4P. The van der Waals surface area contributed by atoms with E-state index < -0.39 is 20.3 Å². The molecule has 0 spiro atoms. The minimum Gasteiger partial charge on any atom is -0.507 e. The quantitative estimate of drug-likeness (QED) is 0.590. The summed E-state index contributed by atoms with van der Waals surface area (Å²) in [5.74, 6) is -0.206. The summed E-state index contributed by atoms with van der Waals surface area (Å²) in [5.41, 5.74) is -0.713. The maximum Gasteiger partial charge on any atom is 0.416 e. The van der Waals surface area contributed by atoms with Gasteiger partial charge in [0, 0.05) is 5.56 Å². The number of halogens is 3. The lowest BCUT2D eigenvalue weighted by atomic mass is 10.1. The van der Waals surface area contributed by atoms with Crippen molar-refractivity contribution in [2.45, 2.75) is 6.18 Å². The van der Waals surface area contributed by atoms with Gasteiger partial charge >= 0.3 is 14.8 Å². The molecule has 1 aromatic rings. The minimum atomic E-state index is -4.38. The van der Waals surface area contributed by atoms with Crippen molar-refractivity contribution in [3.63, 3.8) is 0 Å². The molecule has 4 N–H and O–H groups in total. The number of hydrogen-bond donors (Lipinski definition) is 4. The summed E-state index contributed by atoms with van der Waals surface area (Å²) in [7, 11) is -2.62. The average molecular weight is 270 g/mol. The Balaban J connectivity index is 0.000000557. The predicted molar refractivity (Wildman–Crippen MR) is 56.8 cm³/mol. The summed E-state index contributed by atoms with van der Waals surface area (Å²) in [4.78, 5) is 21.7. The Morgan fingerprint density at radius 3 is 2.00 bits per heavy atom. The Bertz CT molecular complexity index is 376. The normalized spacial score (nSPS) is 10.8. The molecule has 0 heterocycles. The molecule has 1 rings (SSSR count). The van der Waals surface area contributed by atoms with Crippen molar-refractivity contribution in [3.8, 4) is 5.75 Å². The SMILES string of the molecule is C=Cc1cc(C(F)(F)F)ccc1O.OP(O)O. The van der Waals surface area contributed by atoms with Gasteiger partial charge < -0.3 is 19.8 Å². The van der Waals surface area contributed by atoms with Crippen LogP contribution in [0.1, 0.15) is 11.1 Å². The van der Waals surface area contributed by atoms with Gasteiger partial charge in [0.2, 0.25) is 0 Å². The van der Waals surface area contributed by atoms with Crippen LogP contribution < -0.4 is 0 Å². The van der Waals surface area contributed by atoms with Crippen molar-refractivity contribution in [3.05, 3.63) is 35.9 Å². The first-order valence-electron chi connectivity index (χ1n) is 4.08. The van der Waals surface area contributed by atoms with E-state index in [1.807, 2.05) is 0 Å². The Hall–Kier alpha value is -1.14. The lowest BCUT2D eigenvalue weighted by Gasteiger charge is -2.07. The maximum absolute atomic E-state index is 12.1. The summed E-state index contributed by atoms with van der Waals surface area (Å²) in [6, 6.07) is 2.67. The summed E-state index contributed by atoms with van der Waals surface area (Å²) in [6.45, 7) is 3.29. The molecule has 0 atom stereocenters. The van der Waals surface area contributed by atoms with Crippen LogP contribution >= 0.6 is 8.60 Å². The van der Waals surface area contributed by atoms with E-state index in [-0.39, 0.29) is 11.3 Å². The second-order valence-corrected chi connectivity index (χ2v) is 3.28. The first-order valence-corrected chi connectivity index (χ1v) is 5.28. The fourth-order valence-corrected chi connectivity index (χ4v) is 0.894. The molecule has 17 heavy (non-hydrogen) atoms. The third-order valence-electron chi connectivity index (χ3n) is 1.57. The van der Waals surface area contributed by atoms with Crippen molar-refractivity contribution >= 4 is 14.7 Å². The topological polar surface area (TPSA) is 80.9 Å². The van der Waals surface area contributed by atoms with Gasteiger partial charge in [-0.25, -0.2) is 0 Å². The third-order valence-corrected chi connectivity index (χ3v) is 1.57. The maximum atomic E-state index is 12.1. The van der Waals surface area contributed by atoms with Crippen LogP contribution in [-0.2, 0) is 6.18 Å². The van der Waals surface area contributed by atoms with Crippen LogP contribution in [0.15, 0.2) is 24.8 Å². The van der Waals surface area contributed by atoms with Crippen molar-refractivity contribution in [2.24, 2.45) is 0 Å². The molecule has 0 bridgehead atoms. The molecule has 0 aliphatic rings. The molecule has 4 nitrogen and oxygen atoms in total. The van der Waals surface area contributed by atoms with Gasteiger partial charge in [-0.05, 0) is 18.2 Å². The Morgan fingerprint density at radius 1 is 1.18 bits per heavy atom. The van der Waals surface area contributed by atoms with Gasteiger partial charge in [-0.1, -0.05) is 12.7 Å². The molecule has 0 aliphatic carbocycles. The van der Waals surface area contributed by atoms with Crippen LogP contribution in [-0.4, -0.2) is 19.8 Å². The molecule has 1 aromatic carbocycles. The summed E-state index contributed by atoms with van der Waals surface area (Å²) in [5, 5.41) is 9.06. The second kappa shape index (κ2) is 6.56. The van der Waals surface area contributed by atoms with Gasteiger partial charge in [0.15, 0.2) is 0 Å². The van der Waals surface area contributed by atoms with Crippen LogP contribution in [0.5, 0.6) is 5.75 Å². The van der Waals surface area contributed by atoms with E-state index in [0.29, 0.717) is 0 Å². The monoisotopic (exact) mass is 270 g/mol. The molecule has 0 unspecified atom stereocenters. The van der Waals surface area contributed by atoms with Gasteiger partial charge in [-0.15, -0.1) is 0 Å². The lowest BCUT2D eigenvalue weighted by molar-refractivity contribution is -0.137. The van der Waals surface area contributed by atoms with E-state index in [2.05, 4.69) is 6.58 Å². The van der Waals surface area contributed by atoms with Gasteiger partial charge in [-0.3, -0.25) is 0 Å². The average Bonchev–Trinajstić information content (AvgIpc) is 2.15. The number of hydrogen-bond acceptors (Lipinski definition) is 4. The van der Waals surface area contributed by atoms with Crippen molar-refractivity contribution in [1.82, 2.24) is 0 Å². The van der Waals surface area contributed by atoms with Crippen LogP contribution in [0.25, 0.3) is 6.08 Å². The van der Waals surface area contributed by atoms with E-state index in [0.717, 1.165) is 18.2 Å². The van der Waals surface area contributed by atoms with Crippen LogP contribution in [0.2, 0.25) is 0 Å². The number of alkyl halides is 3. The Kier molecular flexibility index (Phi) is 6.12. The molecule has 0 saturated heterocycles. The molecule has 0 radical (unpaired) electrons. The highest BCUT2D eigenvalue weighted by atomic mass is 31.2. The zero-order chi connectivity index (χ0) is 13.6. The van der Waals surface area contributed by atoms with E-state index in [4.69, 9.17) is 19.8 Å². The summed E-state index contributed by atoms with van der Waals surface area (Å²) >= 11 is 0. The summed E-state index contributed by atoms with van der Waals surface area (Å²) in [6.07, 6.45) is -3.21. The van der Waals surface area contributed by atoms with Gasteiger partial charge in [0.25, 0.3) is 0 Å². The van der Waals surface area contributed by atoms with Gasteiger partial charge in [0.05, 0.1) is 5.56 Å². The van der Waals surface area contributed by atoms with E-state index >= 15 is 0 Å². The van der Waals surface area contributed by atoms with E-state index in [1.54, 1.807) is 0 Å². The number of aromatic hydroxyl groups is 1. The zero-order valence-corrected chi connectivity index (χ0v) is 9.28. The predicted octanol–water partition coefficient (Wildman–Crippen LogP) is 2.24. The van der Waals surface area contributed by atoms with Crippen molar-refractivity contribution in [2.75, 3.05) is 0 Å². The fraction of sp³-hybridized carbons (Fsp3) is 0.111. The second-order valence-electron chi connectivity index (χ2n) is 2.74. The molecule has 0 aromatic heterocycles. The molecule has 96 valence electrons. The summed E-state index contributed by atoms with van der Waals surface area (Å²) < 4.78 is 36.4. The standard InChI is InChI=1S/C9H7F3O.H3O3P/c1-2-6-5-7(9(10,11)12)3-4-8(6)13;1-4(2)3/h2-5,13H,1H2;1-3H. The molecule has 0 fully saturated rings. The number of benzene rings is 1. The molecule has 0 aliphatic heterocycles. The van der Waals surface area contributed by atoms with Crippen LogP contribution in [0.3, 0.4) is 0 Å². The Morgan fingerprint density at radius 2 is 1.65 bits per heavy atom.